The smallest absolute Gasteiger partial charge is 0.404 e. The van der Waals surface area contributed by atoms with Crippen molar-refractivity contribution in [3.63, 3.8) is 0 Å². The molecule has 1 unspecified atom stereocenters. The van der Waals surface area contributed by atoms with E-state index in [1.165, 1.54) is 6.07 Å². The van der Waals surface area contributed by atoms with Crippen molar-refractivity contribution in [2.45, 2.75) is 35.7 Å². The highest BCUT2D eigenvalue weighted by Gasteiger charge is 2.70. The summed E-state index contributed by atoms with van der Waals surface area (Å²) in [6.45, 7) is 3.17. The largest absolute Gasteiger partial charge is 0.529 e. The zero-order valence-corrected chi connectivity index (χ0v) is 18.8. The second kappa shape index (κ2) is 7.69. The van der Waals surface area contributed by atoms with Crippen LogP contribution in [0.1, 0.15) is 5.56 Å². The monoisotopic (exact) mass is 482 g/mol. The summed E-state index contributed by atoms with van der Waals surface area (Å²) in [7, 11) is -1.14. The van der Waals surface area contributed by atoms with Crippen molar-refractivity contribution in [2.24, 2.45) is 0 Å². The van der Waals surface area contributed by atoms with Crippen LogP contribution < -0.4 is 9.84 Å². The number of hydrogen-bond donors (Lipinski definition) is 3. The minimum absolute atomic E-state index is 0.144. The fourth-order valence-electron chi connectivity index (χ4n) is 3.81. The Morgan fingerprint density at radius 1 is 1.33 bits per heavy atom. The highest BCUT2D eigenvalue weighted by Crippen LogP contribution is 2.59. The lowest BCUT2D eigenvalue weighted by molar-refractivity contribution is -0.240. The maximum atomic E-state index is 16.2. The van der Waals surface area contributed by atoms with Gasteiger partial charge in [-0.25, -0.2) is 18.1 Å². The van der Waals surface area contributed by atoms with E-state index in [1.54, 1.807) is 18.2 Å². The van der Waals surface area contributed by atoms with Gasteiger partial charge < -0.3 is 24.8 Å². The van der Waals surface area contributed by atoms with E-state index in [0.29, 0.717) is 16.7 Å². The summed E-state index contributed by atoms with van der Waals surface area (Å²) in [6.07, 6.45) is -3.72. The molecule has 3 heterocycles. The average molecular weight is 482 g/mol. The zero-order valence-electron chi connectivity index (χ0n) is 17.9. The Morgan fingerprint density at radius 3 is 2.70 bits per heavy atom. The SMILES string of the molecule is BC(B)(OP1(=O)OCc2ccccc2O1)[C@@]1(F)O[C@@](B)(N2C=C(F)C(=C)NC2=O)[C@H](O)[C@@H]1O. The van der Waals surface area contributed by atoms with E-state index >= 15 is 4.39 Å². The number of hydrogen-bond acceptors (Lipinski definition) is 8. The number of phosphoric ester groups is 1. The quantitative estimate of drug-likeness (QED) is 0.358. The van der Waals surface area contributed by atoms with E-state index in [1.807, 2.05) is 0 Å². The summed E-state index contributed by atoms with van der Waals surface area (Å²) in [5.41, 5.74) is -2.04. The molecule has 2 amide bonds. The number of carbonyl (C=O) groups is 1. The summed E-state index contributed by atoms with van der Waals surface area (Å²) in [5, 5.41) is 21.1. The van der Waals surface area contributed by atoms with Gasteiger partial charge in [0, 0.05) is 11.8 Å². The number of amides is 2. The summed E-state index contributed by atoms with van der Waals surface area (Å²) < 4.78 is 64.7. The summed E-state index contributed by atoms with van der Waals surface area (Å²) in [4.78, 5) is 12.9. The molecule has 4 rings (SSSR count). The van der Waals surface area contributed by atoms with Gasteiger partial charge in [0.05, 0.1) is 17.7 Å². The van der Waals surface area contributed by atoms with Gasteiger partial charge in [0.15, 0.2) is 13.7 Å². The van der Waals surface area contributed by atoms with Crippen molar-refractivity contribution in [3.8, 4) is 5.75 Å². The molecule has 1 aromatic rings. The lowest BCUT2D eigenvalue weighted by Gasteiger charge is -2.43. The first-order valence-electron chi connectivity index (χ1n) is 9.87. The molecule has 174 valence electrons. The third-order valence-electron chi connectivity index (χ3n) is 5.79. The molecule has 3 aliphatic heterocycles. The van der Waals surface area contributed by atoms with E-state index in [4.69, 9.17) is 18.3 Å². The number of urea groups is 1. The Hall–Kier alpha value is -2.15. The van der Waals surface area contributed by atoms with Crippen molar-refractivity contribution in [3.05, 3.63) is 54.1 Å². The standard InChI is InChI=1S/C17H20B3F2N2O8P/c1-8-10(21)6-24(14(27)23-8)16(18)13(26)12(25)15(22,31-16)17(19,20)32-33(28)29-7-9-4-2-3-5-11(9)30-33/h2-6,12-13,25-26H,1,7,18-20H2,(H,23,27)/t12-,13+,15-,16-,33?/m0/s1. The number of ether oxygens (including phenoxy) is 1. The number of benzene rings is 1. The van der Waals surface area contributed by atoms with E-state index in [9.17, 15) is 24.0 Å². The number of nitrogens with one attached hydrogen (secondary N) is 1. The van der Waals surface area contributed by atoms with Crippen molar-refractivity contribution >= 4 is 37.4 Å². The van der Waals surface area contributed by atoms with Gasteiger partial charge in [0.1, 0.15) is 39.3 Å². The fraction of sp³-hybridized carbons (Fsp3) is 0.353. The molecule has 10 nitrogen and oxygen atoms in total. The fourth-order valence-corrected chi connectivity index (χ4v) is 5.35. The molecule has 3 aliphatic rings. The topological polar surface area (TPSA) is 127 Å². The molecule has 0 spiro atoms. The number of fused-ring (bicyclic) bond motifs is 1. The minimum Gasteiger partial charge on any atom is -0.404 e. The van der Waals surface area contributed by atoms with Crippen molar-refractivity contribution < 1.29 is 46.7 Å². The number of phosphoric acid groups is 1. The first-order chi connectivity index (χ1) is 15.2. The van der Waals surface area contributed by atoms with E-state index in [-0.39, 0.29) is 18.1 Å². The van der Waals surface area contributed by atoms with Gasteiger partial charge in [-0.05, 0) is 6.07 Å². The maximum absolute atomic E-state index is 16.2. The number of halogens is 2. The Bertz CT molecular complexity index is 1110. The Labute approximate surface area is 190 Å². The lowest BCUT2D eigenvalue weighted by atomic mass is 9.59. The number of nitrogens with zero attached hydrogens (tertiary/aromatic N) is 1. The lowest BCUT2D eigenvalue weighted by Crippen LogP contribution is -2.62. The van der Waals surface area contributed by atoms with Crippen LogP contribution in [0, 0.1) is 0 Å². The molecular weight excluding hydrogens is 462 g/mol. The van der Waals surface area contributed by atoms with Crippen molar-refractivity contribution in [1.82, 2.24) is 10.2 Å². The van der Waals surface area contributed by atoms with Crippen LogP contribution in [-0.2, 0) is 25.0 Å². The molecule has 1 fully saturated rings. The highest BCUT2D eigenvalue weighted by molar-refractivity contribution is 7.49. The number of rotatable bonds is 4. The predicted molar refractivity (Wildman–Crippen MR) is 117 cm³/mol. The molecule has 0 radical (unpaired) electrons. The first-order valence-corrected chi connectivity index (χ1v) is 11.3. The van der Waals surface area contributed by atoms with Gasteiger partial charge in [-0.3, -0.25) is 13.9 Å². The summed E-state index contributed by atoms with van der Waals surface area (Å²) in [5.74, 6) is -4.01. The van der Waals surface area contributed by atoms with Crippen LogP contribution in [0.2, 0.25) is 0 Å². The van der Waals surface area contributed by atoms with Gasteiger partial charge >= 0.3 is 13.9 Å². The minimum atomic E-state index is -4.40. The number of alkyl halides is 1. The van der Waals surface area contributed by atoms with Crippen LogP contribution in [0.5, 0.6) is 5.75 Å². The molecule has 1 aromatic carbocycles. The average Bonchev–Trinajstić information content (AvgIpc) is 2.91. The number of carbonyl (C=O) groups excluding carboxylic acids is 1. The normalized spacial score (nSPS) is 36.6. The molecule has 16 heteroatoms. The highest BCUT2D eigenvalue weighted by atomic mass is 31.2. The molecule has 1 saturated heterocycles. The number of allylic oxidation sites excluding steroid dienone is 1. The molecule has 0 bridgehead atoms. The molecule has 5 atom stereocenters. The van der Waals surface area contributed by atoms with Gasteiger partial charge in [0.25, 0.3) is 5.85 Å². The van der Waals surface area contributed by atoms with Crippen LogP contribution >= 0.6 is 7.82 Å². The van der Waals surface area contributed by atoms with Gasteiger partial charge in [-0.2, -0.15) is 0 Å². The van der Waals surface area contributed by atoms with Crippen LogP contribution in [-0.4, -0.2) is 73.8 Å². The van der Waals surface area contributed by atoms with Gasteiger partial charge in [0.2, 0.25) is 0 Å². The van der Waals surface area contributed by atoms with Crippen LogP contribution in [0.25, 0.3) is 0 Å². The summed E-state index contributed by atoms with van der Waals surface area (Å²) in [6, 6.07) is 5.57. The Kier molecular flexibility index (Phi) is 5.59. The molecule has 3 N–H and O–H groups in total. The third-order valence-corrected chi connectivity index (χ3v) is 7.34. The second-order valence-electron chi connectivity index (χ2n) is 8.47. The van der Waals surface area contributed by atoms with Gasteiger partial charge in [-0.15, -0.1) is 0 Å². The van der Waals surface area contributed by atoms with Crippen LogP contribution in [0.3, 0.4) is 0 Å². The van der Waals surface area contributed by atoms with Crippen LogP contribution in [0.15, 0.2) is 48.6 Å². The molecule has 0 saturated carbocycles. The summed E-state index contributed by atoms with van der Waals surface area (Å²) >= 11 is 0. The van der Waals surface area contributed by atoms with E-state index in [2.05, 4.69) is 11.9 Å². The molecule has 0 aromatic heterocycles. The van der Waals surface area contributed by atoms with E-state index < -0.39 is 48.8 Å². The Balaban J connectivity index is 1.63. The Morgan fingerprint density at radius 2 is 2.00 bits per heavy atom. The molecular formula is C17H20B3F2N2O8P. The van der Waals surface area contributed by atoms with Crippen molar-refractivity contribution in [2.75, 3.05) is 0 Å². The first kappa shape index (κ1) is 24.0. The second-order valence-corrected chi connectivity index (χ2v) is 9.99. The predicted octanol–water partition coefficient (Wildman–Crippen LogP) is -1.31. The molecule has 0 aliphatic carbocycles. The van der Waals surface area contributed by atoms with Crippen molar-refractivity contribution in [1.29, 1.82) is 0 Å². The number of aliphatic hydroxyl groups is 2. The number of aliphatic hydroxyl groups excluding tert-OH is 2. The maximum Gasteiger partial charge on any atom is 0.529 e. The number of para-hydroxylation sites is 1. The van der Waals surface area contributed by atoms with Gasteiger partial charge in [-0.1, -0.05) is 24.8 Å². The van der Waals surface area contributed by atoms with E-state index in [0.717, 1.165) is 23.5 Å². The zero-order chi connectivity index (χ0) is 24.4. The molecule has 33 heavy (non-hydrogen) atoms. The van der Waals surface area contributed by atoms with Crippen LogP contribution in [0.4, 0.5) is 13.6 Å². The third kappa shape index (κ3) is 3.73.